The molecule has 0 radical (unpaired) electrons. The highest BCUT2D eigenvalue weighted by molar-refractivity contribution is 5.05. The highest BCUT2D eigenvalue weighted by Gasteiger charge is 2.24. The Balaban J connectivity index is 2.08. The Morgan fingerprint density at radius 3 is 3.15 bits per heavy atom. The maximum Gasteiger partial charge on any atom is 0.208 e. The second-order valence-electron chi connectivity index (χ2n) is 3.61. The van der Waals surface area contributed by atoms with Crippen LogP contribution in [0.4, 0.5) is 0 Å². The van der Waals surface area contributed by atoms with Gasteiger partial charge in [0.05, 0.1) is 12.7 Å². The minimum atomic E-state index is 0.391. The van der Waals surface area contributed by atoms with Crippen LogP contribution < -0.4 is 5.73 Å². The lowest BCUT2D eigenvalue weighted by Gasteiger charge is -2.06. The van der Waals surface area contributed by atoms with E-state index in [1.165, 1.54) is 0 Å². The zero-order valence-corrected chi connectivity index (χ0v) is 7.86. The van der Waals surface area contributed by atoms with Crippen molar-refractivity contribution in [3.8, 4) is 0 Å². The fraction of sp³-hybridized carbons (Fsp3) is 0.667. The molecular weight excluding hydrogens is 166 g/mol. The molecular formula is C9H15N3O. The van der Waals surface area contributed by atoms with Crippen molar-refractivity contribution in [3.05, 3.63) is 17.8 Å². The molecule has 0 saturated carbocycles. The molecule has 0 amide bonds. The van der Waals surface area contributed by atoms with Gasteiger partial charge in [-0.05, 0) is 20.0 Å². The summed E-state index contributed by atoms with van der Waals surface area (Å²) < 4.78 is 5.50. The summed E-state index contributed by atoms with van der Waals surface area (Å²) in [6.45, 7) is 2.60. The van der Waals surface area contributed by atoms with Crippen molar-refractivity contribution >= 4 is 0 Å². The number of rotatable bonds is 2. The van der Waals surface area contributed by atoms with Crippen LogP contribution in [0.5, 0.6) is 0 Å². The van der Waals surface area contributed by atoms with Gasteiger partial charge in [-0.1, -0.05) is 0 Å². The van der Waals surface area contributed by atoms with E-state index < -0.39 is 0 Å². The fourth-order valence-electron chi connectivity index (χ4n) is 1.77. The van der Waals surface area contributed by atoms with Crippen molar-refractivity contribution in [1.82, 2.24) is 9.88 Å². The average molecular weight is 181 g/mol. The predicted octanol–water partition coefficient (Wildman–Crippen LogP) is 0.552. The fourth-order valence-corrected chi connectivity index (χ4v) is 1.77. The minimum Gasteiger partial charge on any atom is -0.444 e. The molecule has 2 N–H and O–H groups in total. The van der Waals surface area contributed by atoms with Gasteiger partial charge in [0.25, 0.3) is 0 Å². The standard InChI is InChI=1S/C9H15N3O/c1-12-3-2-7(6-12)8-5-11-9(4-10)13-8/h5,7H,2-4,6,10H2,1H3. The molecule has 0 aliphatic carbocycles. The van der Waals surface area contributed by atoms with Crippen LogP contribution in [-0.2, 0) is 6.54 Å². The van der Waals surface area contributed by atoms with Gasteiger partial charge in [0.15, 0.2) is 0 Å². The number of hydrogen-bond acceptors (Lipinski definition) is 4. The first-order chi connectivity index (χ1) is 6.29. The molecule has 1 aromatic heterocycles. The lowest BCUT2D eigenvalue weighted by Crippen LogP contribution is -2.13. The van der Waals surface area contributed by atoms with E-state index >= 15 is 0 Å². The van der Waals surface area contributed by atoms with E-state index in [0.29, 0.717) is 18.4 Å². The molecule has 4 nitrogen and oxygen atoms in total. The summed E-state index contributed by atoms with van der Waals surface area (Å²) >= 11 is 0. The topological polar surface area (TPSA) is 55.3 Å². The Labute approximate surface area is 77.7 Å². The van der Waals surface area contributed by atoms with Crippen LogP contribution in [0.2, 0.25) is 0 Å². The molecule has 2 rings (SSSR count). The Bertz CT molecular complexity index is 284. The van der Waals surface area contributed by atoms with Crippen LogP contribution in [0.25, 0.3) is 0 Å². The zero-order valence-electron chi connectivity index (χ0n) is 7.86. The molecule has 1 saturated heterocycles. The van der Waals surface area contributed by atoms with E-state index in [0.717, 1.165) is 25.3 Å². The highest BCUT2D eigenvalue weighted by Crippen LogP contribution is 2.26. The van der Waals surface area contributed by atoms with Crippen LogP contribution in [0, 0.1) is 0 Å². The van der Waals surface area contributed by atoms with E-state index in [1.54, 1.807) is 0 Å². The van der Waals surface area contributed by atoms with Crippen LogP contribution in [-0.4, -0.2) is 30.0 Å². The first-order valence-electron chi connectivity index (χ1n) is 4.63. The molecule has 0 spiro atoms. The number of hydrogen-bond donors (Lipinski definition) is 1. The molecule has 0 aromatic carbocycles. The first kappa shape index (κ1) is 8.72. The van der Waals surface area contributed by atoms with E-state index in [-0.39, 0.29) is 0 Å². The van der Waals surface area contributed by atoms with E-state index in [4.69, 9.17) is 10.2 Å². The number of nitrogens with two attached hydrogens (primary N) is 1. The Hall–Kier alpha value is -0.870. The van der Waals surface area contributed by atoms with Crippen molar-refractivity contribution in [2.45, 2.75) is 18.9 Å². The molecule has 1 unspecified atom stereocenters. The second kappa shape index (κ2) is 3.47. The summed E-state index contributed by atoms with van der Waals surface area (Å²) in [6, 6.07) is 0. The molecule has 1 fully saturated rings. The summed E-state index contributed by atoms with van der Waals surface area (Å²) in [5, 5.41) is 0. The predicted molar refractivity (Wildman–Crippen MR) is 49.2 cm³/mol. The van der Waals surface area contributed by atoms with Gasteiger partial charge in [-0.15, -0.1) is 0 Å². The lowest BCUT2D eigenvalue weighted by atomic mass is 10.1. The van der Waals surface area contributed by atoms with Crippen LogP contribution >= 0.6 is 0 Å². The third-order valence-corrected chi connectivity index (χ3v) is 2.54. The summed E-state index contributed by atoms with van der Waals surface area (Å²) in [6.07, 6.45) is 2.97. The van der Waals surface area contributed by atoms with Gasteiger partial charge in [0.1, 0.15) is 5.76 Å². The summed E-state index contributed by atoms with van der Waals surface area (Å²) in [4.78, 5) is 6.40. The van der Waals surface area contributed by atoms with Crippen LogP contribution in [0.3, 0.4) is 0 Å². The minimum absolute atomic E-state index is 0.391. The third kappa shape index (κ3) is 1.73. The molecule has 1 aliphatic heterocycles. The molecule has 4 heteroatoms. The van der Waals surface area contributed by atoms with Gasteiger partial charge in [-0.3, -0.25) is 0 Å². The molecule has 0 bridgehead atoms. The molecule has 1 atom stereocenters. The number of likely N-dealkylation sites (N-methyl/N-ethyl adjacent to an activating group) is 1. The van der Waals surface area contributed by atoms with Crippen molar-refractivity contribution < 1.29 is 4.42 Å². The Morgan fingerprint density at radius 1 is 1.77 bits per heavy atom. The number of oxazole rings is 1. The monoisotopic (exact) mass is 181 g/mol. The zero-order chi connectivity index (χ0) is 9.26. The van der Waals surface area contributed by atoms with Gasteiger partial charge in [0, 0.05) is 12.5 Å². The molecule has 1 aliphatic rings. The smallest absolute Gasteiger partial charge is 0.208 e. The van der Waals surface area contributed by atoms with Gasteiger partial charge >= 0.3 is 0 Å². The van der Waals surface area contributed by atoms with E-state index in [1.807, 2.05) is 6.20 Å². The maximum absolute atomic E-state index is 5.50. The third-order valence-electron chi connectivity index (χ3n) is 2.54. The van der Waals surface area contributed by atoms with Crippen molar-refractivity contribution in [2.24, 2.45) is 5.73 Å². The number of nitrogens with zero attached hydrogens (tertiary/aromatic N) is 2. The number of likely N-dealkylation sites (tertiary alicyclic amines) is 1. The van der Waals surface area contributed by atoms with Crippen molar-refractivity contribution in [2.75, 3.05) is 20.1 Å². The second-order valence-corrected chi connectivity index (χ2v) is 3.61. The Kier molecular flexibility index (Phi) is 2.33. The molecule has 2 heterocycles. The number of aromatic nitrogens is 1. The maximum atomic E-state index is 5.50. The van der Waals surface area contributed by atoms with Crippen molar-refractivity contribution in [3.63, 3.8) is 0 Å². The first-order valence-corrected chi connectivity index (χ1v) is 4.63. The summed E-state index contributed by atoms with van der Waals surface area (Å²) in [7, 11) is 2.13. The van der Waals surface area contributed by atoms with Gasteiger partial charge in [-0.2, -0.15) is 0 Å². The lowest BCUT2D eigenvalue weighted by molar-refractivity contribution is 0.388. The van der Waals surface area contributed by atoms with Gasteiger partial charge < -0.3 is 15.1 Å². The van der Waals surface area contributed by atoms with Gasteiger partial charge in [-0.25, -0.2) is 4.98 Å². The van der Waals surface area contributed by atoms with E-state index in [2.05, 4.69) is 16.9 Å². The molecule has 72 valence electrons. The quantitative estimate of drug-likeness (QED) is 0.724. The average Bonchev–Trinajstić information content (AvgIpc) is 2.71. The van der Waals surface area contributed by atoms with Gasteiger partial charge in [0.2, 0.25) is 5.89 Å². The summed E-state index contributed by atoms with van der Waals surface area (Å²) in [5.41, 5.74) is 5.42. The van der Waals surface area contributed by atoms with Crippen molar-refractivity contribution in [1.29, 1.82) is 0 Å². The van der Waals surface area contributed by atoms with Crippen LogP contribution in [0.1, 0.15) is 24.0 Å². The summed E-state index contributed by atoms with van der Waals surface area (Å²) in [5.74, 6) is 2.15. The van der Waals surface area contributed by atoms with Crippen LogP contribution in [0.15, 0.2) is 10.6 Å². The largest absolute Gasteiger partial charge is 0.444 e. The SMILES string of the molecule is CN1CCC(c2cnc(CN)o2)C1. The normalized spacial score (nSPS) is 24.0. The van der Waals surface area contributed by atoms with E-state index in [9.17, 15) is 0 Å². The Morgan fingerprint density at radius 2 is 2.62 bits per heavy atom. The highest BCUT2D eigenvalue weighted by atomic mass is 16.4. The molecule has 13 heavy (non-hydrogen) atoms. The molecule has 1 aromatic rings.